The molecule has 0 amide bonds. The summed E-state index contributed by atoms with van der Waals surface area (Å²) < 4.78 is 16.8. The van der Waals surface area contributed by atoms with Crippen molar-refractivity contribution in [3.05, 3.63) is 41.5 Å². The van der Waals surface area contributed by atoms with Crippen molar-refractivity contribution in [3.8, 4) is 28.7 Å². The van der Waals surface area contributed by atoms with Crippen molar-refractivity contribution in [1.82, 2.24) is 0 Å². The highest BCUT2D eigenvalue weighted by molar-refractivity contribution is 6.02. The lowest BCUT2D eigenvalue weighted by molar-refractivity contribution is -0.268. The van der Waals surface area contributed by atoms with Gasteiger partial charge in [-0.1, -0.05) is 6.07 Å². The number of phenols is 3. The number of ketones is 1. The van der Waals surface area contributed by atoms with Crippen molar-refractivity contribution in [2.45, 2.75) is 50.2 Å². The molecule has 0 radical (unpaired) electrons. The molecule has 6 unspecified atom stereocenters. The third-order valence-corrected chi connectivity index (χ3v) is 5.41. The zero-order valence-corrected chi connectivity index (χ0v) is 16.4. The SMILES string of the molecule is CC1OC(Oc2cc(O)c3c(c2)OC(c2ccc(O)c(O)c2)CC3=O)C(O)C(O)C1O. The van der Waals surface area contributed by atoms with Gasteiger partial charge in [0.15, 0.2) is 17.3 Å². The van der Waals surface area contributed by atoms with Gasteiger partial charge < -0.3 is 44.8 Å². The van der Waals surface area contributed by atoms with Crippen molar-refractivity contribution in [2.24, 2.45) is 0 Å². The molecule has 10 nitrogen and oxygen atoms in total. The molecule has 1 fully saturated rings. The summed E-state index contributed by atoms with van der Waals surface area (Å²) in [5.74, 6) is -1.46. The van der Waals surface area contributed by atoms with E-state index in [1.165, 1.54) is 31.2 Å². The maximum Gasteiger partial charge on any atom is 0.229 e. The minimum atomic E-state index is -1.56. The molecular weight excluding hydrogens is 412 g/mol. The standard InChI is InChI=1S/C21H22O10/c1-8-18(26)19(27)20(28)21(29-8)30-10-5-13(24)17-14(25)7-15(31-16(17)6-10)9-2-3-11(22)12(23)4-9/h2-6,8,15,18-24,26-28H,7H2,1H3. The fraction of sp³-hybridized carbons (Fsp3) is 0.381. The molecular formula is C21H22O10. The van der Waals surface area contributed by atoms with E-state index < -0.39 is 48.3 Å². The van der Waals surface area contributed by atoms with E-state index in [-0.39, 0.29) is 35.0 Å². The first-order chi connectivity index (χ1) is 14.7. The summed E-state index contributed by atoms with van der Waals surface area (Å²) in [5.41, 5.74) is 0.401. The Balaban J connectivity index is 1.61. The van der Waals surface area contributed by atoms with Gasteiger partial charge in [0, 0.05) is 12.1 Å². The number of fused-ring (bicyclic) bond motifs is 1. The molecule has 0 bridgehead atoms. The normalized spacial score (nSPS) is 30.4. The van der Waals surface area contributed by atoms with Crippen LogP contribution < -0.4 is 9.47 Å². The van der Waals surface area contributed by atoms with Gasteiger partial charge in [-0.15, -0.1) is 0 Å². The number of hydrogen-bond acceptors (Lipinski definition) is 10. The first-order valence-corrected chi connectivity index (χ1v) is 9.60. The molecule has 2 aromatic carbocycles. The van der Waals surface area contributed by atoms with E-state index in [0.29, 0.717) is 5.56 Å². The lowest BCUT2D eigenvalue weighted by Crippen LogP contribution is -2.58. The Kier molecular flexibility index (Phi) is 5.40. The zero-order chi connectivity index (χ0) is 22.4. The average molecular weight is 434 g/mol. The molecule has 31 heavy (non-hydrogen) atoms. The van der Waals surface area contributed by atoms with Gasteiger partial charge in [0.1, 0.15) is 47.2 Å². The molecule has 2 aromatic rings. The van der Waals surface area contributed by atoms with Gasteiger partial charge in [-0.3, -0.25) is 4.79 Å². The van der Waals surface area contributed by atoms with Crippen LogP contribution in [0.3, 0.4) is 0 Å². The van der Waals surface area contributed by atoms with E-state index in [1.54, 1.807) is 0 Å². The van der Waals surface area contributed by atoms with E-state index in [9.17, 15) is 35.4 Å². The first-order valence-electron chi connectivity index (χ1n) is 9.60. The summed E-state index contributed by atoms with van der Waals surface area (Å²) in [6, 6.07) is 6.54. The Morgan fingerprint density at radius 1 is 0.935 bits per heavy atom. The molecule has 6 N–H and O–H groups in total. The van der Waals surface area contributed by atoms with Crippen LogP contribution in [0.2, 0.25) is 0 Å². The molecule has 2 aliphatic heterocycles. The summed E-state index contributed by atoms with van der Waals surface area (Å²) in [4.78, 5) is 12.6. The van der Waals surface area contributed by atoms with E-state index >= 15 is 0 Å². The highest BCUT2D eigenvalue weighted by Gasteiger charge is 2.43. The zero-order valence-electron chi connectivity index (χ0n) is 16.4. The number of aliphatic hydroxyl groups excluding tert-OH is 3. The van der Waals surface area contributed by atoms with Crippen LogP contribution >= 0.6 is 0 Å². The molecule has 2 aliphatic rings. The fourth-order valence-corrected chi connectivity index (χ4v) is 3.65. The second-order valence-electron chi connectivity index (χ2n) is 7.60. The number of benzene rings is 2. The quantitative estimate of drug-likeness (QED) is 0.379. The minimum Gasteiger partial charge on any atom is -0.507 e. The van der Waals surface area contributed by atoms with Gasteiger partial charge in [-0.2, -0.15) is 0 Å². The average Bonchev–Trinajstić information content (AvgIpc) is 2.71. The topological polar surface area (TPSA) is 166 Å². The number of carbonyl (C=O) groups excluding carboxylic acids is 1. The van der Waals surface area contributed by atoms with Crippen LogP contribution in [-0.2, 0) is 4.74 Å². The Labute approximate surface area is 176 Å². The van der Waals surface area contributed by atoms with Gasteiger partial charge in [-0.25, -0.2) is 0 Å². The largest absolute Gasteiger partial charge is 0.507 e. The summed E-state index contributed by atoms with van der Waals surface area (Å²) in [6.45, 7) is 1.50. The third-order valence-electron chi connectivity index (χ3n) is 5.41. The number of Topliss-reactive ketones (excluding diaryl/α,β-unsaturated/α-hetero) is 1. The number of rotatable bonds is 3. The predicted octanol–water partition coefficient (Wildman–Crippen LogP) is 0.716. The lowest BCUT2D eigenvalue weighted by Gasteiger charge is -2.39. The number of aromatic hydroxyl groups is 3. The molecule has 0 saturated carbocycles. The van der Waals surface area contributed by atoms with Gasteiger partial charge in [0.25, 0.3) is 0 Å². The Morgan fingerprint density at radius 3 is 2.39 bits per heavy atom. The number of ether oxygens (including phenoxy) is 3. The first kappa shape index (κ1) is 21.2. The molecule has 1 saturated heterocycles. The Bertz CT molecular complexity index is 1010. The van der Waals surface area contributed by atoms with E-state index in [1.807, 2.05) is 0 Å². The Morgan fingerprint density at radius 2 is 1.68 bits per heavy atom. The molecule has 10 heteroatoms. The number of hydrogen-bond donors (Lipinski definition) is 6. The van der Waals surface area contributed by atoms with Crippen molar-refractivity contribution >= 4 is 5.78 Å². The van der Waals surface area contributed by atoms with Crippen LogP contribution in [0.1, 0.15) is 35.4 Å². The van der Waals surface area contributed by atoms with Crippen LogP contribution in [0.5, 0.6) is 28.7 Å². The summed E-state index contributed by atoms with van der Waals surface area (Å²) >= 11 is 0. The van der Waals surface area contributed by atoms with Crippen LogP contribution in [0.4, 0.5) is 0 Å². The van der Waals surface area contributed by atoms with E-state index in [4.69, 9.17) is 14.2 Å². The maximum atomic E-state index is 12.6. The molecule has 0 aromatic heterocycles. The summed E-state index contributed by atoms with van der Waals surface area (Å²) in [7, 11) is 0. The fourth-order valence-electron chi connectivity index (χ4n) is 3.65. The van der Waals surface area contributed by atoms with E-state index in [2.05, 4.69) is 0 Å². The summed E-state index contributed by atoms with van der Waals surface area (Å²) in [5, 5.41) is 59.4. The minimum absolute atomic E-state index is 0.00177. The smallest absolute Gasteiger partial charge is 0.229 e. The number of phenolic OH excluding ortho intramolecular Hbond substituents is 3. The molecule has 6 atom stereocenters. The highest BCUT2D eigenvalue weighted by Crippen LogP contribution is 2.43. The van der Waals surface area contributed by atoms with Crippen LogP contribution in [-0.4, -0.2) is 67.1 Å². The van der Waals surface area contributed by atoms with Crippen molar-refractivity contribution in [2.75, 3.05) is 0 Å². The lowest BCUT2D eigenvalue weighted by atomic mass is 9.95. The van der Waals surface area contributed by atoms with Crippen LogP contribution in [0.25, 0.3) is 0 Å². The van der Waals surface area contributed by atoms with Crippen LogP contribution in [0, 0.1) is 0 Å². The van der Waals surface area contributed by atoms with E-state index in [0.717, 1.165) is 6.07 Å². The third kappa shape index (κ3) is 3.86. The molecule has 2 heterocycles. The van der Waals surface area contributed by atoms with Gasteiger partial charge in [-0.05, 0) is 24.6 Å². The van der Waals surface area contributed by atoms with Gasteiger partial charge in [0.05, 0.1) is 12.5 Å². The Hall–Kier alpha value is -3.05. The van der Waals surface area contributed by atoms with Crippen molar-refractivity contribution in [3.63, 3.8) is 0 Å². The predicted molar refractivity (Wildman–Crippen MR) is 103 cm³/mol. The van der Waals surface area contributed by atoms with Crippen molar-refractivity contribution in [1.29, 1.82) is 0 Å². The second kappa shape index (κ2) is 7.89. The molecule has 166 valence electrons. The highest BCUT2D eigenvalue weighted by atomic mass is 16.7. The van der Waals surface area contributed by atoms with Crippen molar-refractivity contribution < 1.29 is 49.6 Å². The molecule has 0 spiro atoms. The number of carbonyl (C=O) groups is 1. The molecule has 4 rings (SSSR count). The summed E-state index contributed by atoms with van der Waals surface area (Å²) in [6.07, 6.45) is -7.39. The number of aliphatic hydroxyl groups is 3. The second-order valence-corrected chi connectivity index (χ2v) is 7.60. The van der Waals surface area contributed by atoms with Gasteiger partial charge >= 0.3 is 0 Å². The maximum absolute atomic E-state index is 12.6. The molecule has 0 aliphatic carbocycles. The van der Waals surface area contributed by atoms with Crippen LogP contribution in [0.15, 0.2) is 30.3 Å². The van der Waals surface area contributed by atoms with Gasteiger partial charge in [0.2, 0.25) is 6.29 Å². The monoisotopic (exact) mass is 434 g/mol.